The van der Waals surface area contributed by atoms with Crippen molar-refractivity contribution in [1.29, 1.82) is 5.26 Å². The molecule has 0 aliphatic heterocycles. The highest BCUT2D eigenvalue weighted by Crippen LogP contribution is 2.38. The third-order valence-corrected chi connectivity index (χ3v) is 8.77. The lowest BCUT2D eigenvalue weighted by Crippen LogP contribution is -2.48. The van der Waals surface area contributed by atoms with Gasteiger partial charge in [-0.15, -0.1) is 0 Å². The third-order valence-electron chi connectivity index (χ3n) is 6.50. The Bertz CT molecular complexity index is 1250. The van der Waals surface area contributed by atoms with Crippen LogP contribution in [0.15, 0.2) is 42.5 Å². The van der Waals surface area contributed by atoms with Crippen LogP contribution in [0.5, 0.6) is 0 Å². The first-order valence-corrected chi connectivity index (χ1v) is 13.0. The largest absolute Gasteiger partial charge is 0.481 e. The third kappa shape index (κ3) is 5.54. The zero-order valence-corrected chi connectivity index (χ0v) is 21.0. The molecule has 10 nitrogen and oxygen atoms in total. The summed E-state index contributed by atoms with van der Waals surface area (Å²) in [6.07, 6.45) is 2.16. The van der Waals surface area contributed by atoms with Gasteiger partial charge in [0, 0.05) is 13.1 Å². The van der Waals surface area contributed by atoms with Crippen LogP contribution in [0.4, 0.5) is 17.1 Å². The number of benzene rings is 2. The van der Waals surface area contributed by atoms with Crippen molar-refractivity contribution >= 4 is 39.0 Å². The number of carboxylic acids is 1. The summed E-state index contributed by atoms with van der Waals surface area (Å²) < 4.78 is 34.6. The molecular formula is C25H30N4O6S. The molecule has 192 valence electrons. The van der Waals surface area contributed by atoms with E-state index in [2.05, 4.69) is 5.32 Å². The van der Waals surface area contributed by atoms with Crippen molar-refractivity contribution in [2.75, 3.05) is 29.5 Å². The highest BCUT2D eigenvalue weighted by Gasteiger charge is 2.46. The normalized spacial score (nSPS) is 15.5. The van der Waals surface area contributed by atoms with E-state index >= 15 is 0 Å². The number of carbonyl (C=O) groups is 2. The number of esters is 1. The van der Waals surface area contributed by atoms with E-state index in [0.29, 0.717) is 35.5 Å². The maximum Gasteiger partial charge on any atom is 0.312 e. The van der Waals surface area contributed by atoms with Crippen LogP contribution in [0.2, 0.25) is 0 Å². The summed E-state index contributed by atoms with van der Waals surface area (Å²) in [6.45, 7) is 0. The van der Waals surface area contributed by atoms with Crippen LogP contribution in [0.1, 0.15) is 49.1 Å². The molecule has 0 spiro atoms. The van der Waals surface area contributed by atoms with Crippen LogP contribution in [0, 0.1) is 11.3 Å². The van der Waals surface area contributed by atoms with E-state index in [0.717, 1.165) is 20.0 Å². The number of hydrogen-bond donors (Lipinski definition) is 3. The number of sulfonamides is 1. The van der Waals surface area contributed by atoms with Crippen molar-refractivity contribution in [3.05, 3.63) is 53.6 Å². The summed E-state index contributed by atoms with van der Waals surface area (Å²) in [5, 5.41) is 20.5. The van der Waals surface area contributed by atoms with Gasteiger partial charge >= 0.3 is 11.9 Å². The second kappa shape index (κ2) is 11.3. The first kappa shape index (κ1) is 26.8. The van der Waals surface area contributed by atoms with Crippen molar-refractivity contribution in [2.45, 2.75) is 49.3 Å². The fourth-order valence-electron chi connectivity index (χ4n) is 4.69. The van der Waals surface area contributed by atoms with Gasteiger partial charge in [0.1, 0.15) is 11.2 Å². The zero-order chi connectivity index (χ0) is 26.5. The smallest absolute Gasteiger partial charge is 0.312 e. The number of hydrogen-bond acceptors (Lipinski definition) is 8. The number of ether oxygens (including phenoxy) is 1. The molecule has 2 aromatic carbocycles. The second-order valence-corrected chi connectivity index (χ2v) is 10.7. The molecule has 2 unspecified atom stereocenters. The molecule has 4 N–H and O–H groups in total. The molecule has 2 aromatic rings. The minimum absolute atomic E-state index is 0.162. The number of aliphatic carboxylic acids is 1. The quantitative estimate of drug-likeness (QED) is 0.319. The fourth-order valence-corrected chi connectivity index (χ4v) is 6.98. The molecule has 0 aromatic heterocycles. The predicted molar refractivity (Wildman–Crippen MR) is 136 cm³/mol. The number of nitrogen functional groups attached to an aromatic ring is 1. The second-order valence-electron chi connectivity index (χ2n) is 8.67. The lowest BCUT2D eigenvalue weighted by Gasteiger charge is -2.35. The SMILES string of the molecule is CNc1ccc(N(C2CCCC2)S(=O)(=O)C(CC(=O)OC)C(C(=O)O)c2ccc(C#N)cc2)cc1N. The molecule has 1 fully saturated rings. The number of carboxylic acid groups (broad SMARTS) is 1. The Morgan fingerprint density at radius 1 is 1.22 bits per heavy atom. The number of carbonyl (C=O) groups excluding carboxylic acids is 1. The summed E-state index contributed by atoms with van der Waals surface area (Å²) in [5.74, 6) is -3.84. The average Bonchev–Trinajstić information content (AvgIpc) is 3.38. The standard InChI is InChI=1S/C25H30N4O6S/c1-28-21-12-11-19(13-20(21)27)29(18-5-3-4-6-18)36(33,34)22(14-23(30)35-2)24(25(31)32)17-9-7-16(15-26)8-10-17/h7-13,18,22,24,28H,3-6,14,27H2,1-2H3,(H,31,32). The van der Waals surface area contributed by atoms with E-state index in [9.17, 15) is 23.1 Å². The highest BCUT2D eigenvalue weighted by atomic mass is 32.2. The van der Waals surface area contributed by atoms with Gasteiger partial charge in [-0.3, -0.25) is 13.9 Å². The molecule has 0 radical (unpaired) electrons. The molecule has 1 aliphatic carbocycles. The van der Waals surface area contributed by atoms with Gasteiger partial charge in [0.05, 0.1) is 42.2 Å². The fraction of sp³-hybridized carbons (Fsp3) is 0.400. The summed E-state index contributed by atoms with van der Waals surface area (Å²) in [6, 6.07) is 12.0. The first-order valence-electron chi connectivity index (χ1n) is 11.5. The van der Waals surface area contributed by atoms with E-state index in [1.54, 1.807) is 19.2 Å². The van der Waals surface area contributed by atoms with Crippen molar-refractivity contribution in [3.8, 4) is 6.07 Å². The van der Waals surface area contributed by atoms with Gasteiger partial charge in [0.15, 0.2) is 0 Å². The van der Waals surface area contributed by atoms with E-state index in [-0.39, 0.29) is 5.56 Å². The van der Waals surface area contributed by atoms with Gasteiger partial charge in [-0.2, -0.15) is 5.26 Å². The number of nitrogens with two attached hydrogens (primary N) is 1. The van der Waals surface area contributed by atoms with E-state index in [1.165, 1.54) is 34.6 Å². The van der Waals surface area contributed by atoms with Gasteiger partial charge in [-0.05, 0) is 48.7 Å². The molecule has 11 heteroatoms. The number of methoxy groups -OCH3 is 1. The number of rotatable bonds is 10. The maximum atomic E-state index is 14.3. The monoisotopic (exact) mass is 514 g/mol. The van der Waals surface area contributed by atoms with Crippen LogP contribution in [0.3, 0.4) is 0 Å². The zero-order valence-electron chi connectivity index (χ0n) is 20.2. The number of nitriles is 1. The summed E-state index contributed by atoms with van der Waals surface area (Å²) in [5.41, 5.74) is 7.85. The summed E-state index contributed by atoms with van der Waals surface area (Å²) in [4.78, 5) is 24.9. The molecule has 36 heavy (non-hydrogen) atoms. The van der Waals surface area contributed by atoms with Crippen LogP contribution < -0.4 is 15.4 Å². The van der Waals surface area contributed by atoms with Gasteiger partial charge in [0.25, 0.3) is 0 Å². The molecule has 1 saturated carbocycles. The van der Waals surface area contributed by atoms with Gasteiger partial charge in [0.2, 0.25) is 10.0 Å². The molecule has 0 bridgehead atoms. The Hall–Kier alpha value is -3.78. The lowest BCUT2D eigenvalue weighted by atomic mass is 9.93. The van der Waals surface area contributed by atoms with E-state index in [1.807, 2.05) is 6.07 Å². The number of anilines is 3. The minimum atomic E-state index is -4.44. The Balaban J connectivity index is 2.19. The van der Waals surface area contributed by atoms with E-state index < -0.39 is 45.6 Å². The maximum absolute atomic E-state index is 14.3. The number of nitrogens with zero attached hydrogens (tertiary/aromatic N) is 2. The molecular weight excluding hydrogens is 484 g/mol. The van der Waals surface area contributed by atoms with Crippen LogP contribution in [-0.4, -0.2) is 50.9 Å². The summed E-state index contributed by atoms with van der Waals surface area (Å²) >= 11 is 0. The molecule has 2 atom stereocenters. The molecule has 0 amide bonds. The van der Waals surface area contributed by atoms with Crippen molar-refractivity contribution in [2.24, 2.45) is 0 Å². The Morgan fingerprint density at radius 3 is 2.36 bits per heavy atom. The summed E-state index contributed by atoms with van der Waals surface area (Å²) in [7, 11) is -1.63. The van der Waals surface area contributed by atoms with Gasteiger partial charge in [-0.25, -0.2) is 8.42 Å². The Kier molecular flexibility index (Phi) is 8.42. The van der Waals surface area contributed by atoms with E-state index in [4.69, 9.17) is 15.7 Å². The first-order chi connectivity index (χ1) is 17.1. The van der Waals surface area contributed by atoms with Crippen LogP contribution >= 0.6 is 0 Å². The molecule has 0 heterocycles. The van der Waals surface area contributed by atoms with Crippen LogP contribution in [-0.2, 0) is 24.3 Å². The van der Waals surface area contributed by atoms with Crippen LogP contribution in [0.25, 0.3) is 0 Å². The minimum Gasteiger partial charge on any atom is -0.481 e. The average molecular weight is 515 g/mol. The number of nitrogens with one attached hydrogen (secondary N) is 1. The van der Waals surface area contributed by atoms with Gasteiger partial charge < -0.3 is 20.9 Å². The Morgan fingerprint density at radius 2 is 1.86 bits per heavy atom. The van der Waals surface area contributed by atoms with Crippen molar-refractivity contribution in [3.63, 3.8) is 0 Å². The molecule has 1 aliphatic rings. The Labute approximate surface area is 210 Å². The predicted octanol–water partition coefficient (Wildman–Crippen LogP) is 3.06. The topological polar surface area (TPSA) is 163 Å². The molecule has 0 saturated heterocycles. The lowest BCUT2D eigenvalue weighted by molar-refractivity contribution is -0.141. The van der Waals surface area contributed by atoms with Crippen molar-refractivity contribution in [1.82, 2.24) is 0 Å². The van der Waals surface area contributed by atoms with Gasteiger partial charge in [-0.1, -0.05) is 25.0 Å². The highest BCUT2D eigenvalue weighted by molar-refractivity contribution is 7.93. The van der Waals surface area contributed by atoms with Crippen molar-refractivity contribution < 1.29 is 27.9 Å². The molecule has 3 rings (SSSR count).